The lowest BCUT2D eigenvalue weighted by Crippen LogP contribution is -2.25. The van der Waals surface area contributed by atoms with Crippen LogP contribution in [-0.2, 0) is 0 Å². The maximum absolute atomic E-state index is 12.4. The number of carbonyl (C=O) groups excluding carboxylic acids is 1. The van der Waals surface area contributed by atoms with Crippen LogP contribution in [0.2, 0.25) is 0 Å². The van der Waals surface area contributed by atoms with Crippen molar-refractivity contribution in [3.8, 4) is 5.75 Å². The van der Waals surface area contributed by atoms with Crippen LogP contribution in [-0.4, -0.2) is 18.9 Å². The summed E-state index contributed by atoms with van der Waals surface area (Å²) in [5, 5.41) is 0. The Morgan fingerprint density at radius 2 is 1.84 bits per heavy atom. The van der Waals surface area contributed by atoms with Crippen molar-refractivity contribution in [2.24, 2.45) is 17.6 Å². The number of rotatable bonds is 5. The van der Waals surface area contributed by atoms with Crippen LogP contribution in [0.25, 0.3) is 0 Å². The highest BCUT2D eigenvalue weighted by Gasteiger charge is 2.26. The van der Waals surface area contributed by atoms with Crippen LogP contribution in [0.4, 0.5) is 0 Å². The minimum Gasteiger partial charge on any atom is -0.494 e. The fraction of sp³-hybridized carbons (Fsp3) is 0.562. The Morgan fingerprint density at radius 1 is 1.21 bits per heavy atom. The molecule has 104 valence electrons. The molecule has 1 aromatic rings. The average Bonchev–Trinajstić information content (AvgIpc) is 2.48. The van der Waals surface area contributed by atoms with Gasteiger partial charge in [-0.1, -0.05) is 0 Å². The quantitative estimate of drug-likeness (QED) is 0.829. The fourth-order valence-corrected chi connectivity index (χ4v) is 2.78. The van der Waals surface area contributed by atoms with E-state index in [1.54, 1.807) is 0 Å². The third-order valence-corrected chi connectivity index (χ3v) is 4.00. The number of carbonyl (C=O) groups is 1. The summed E-state index contributed by atoms with van der Waals surface area (Å²) in [4.78, 5) is 12.4. The molecule has 0 bridgehead atoms. The first-order valence-electron chi connectivity index (χ1n) is 7.21. The topological polar surface area (TPSA) is 52.3 Å². The van der Waals surface area contributed by atoms with Crippen LogP contribution in [0.1, 0.15) is 43.0 Å². The molecule has 0 aromatic heterocycles. The molecule has 0 amide bonds. The Bertz CT molecular complexity index is 405. The summed E-state index contributed by atoms with van der Waals surface area (Å²) in [6, 6.07) is 7.51. The first-order valence-corrected chi connectivity index (χ1v) is 7.21. The van der Waals surface area contributed by atoms with E-state index in [0.29, 0.717) is 12.5 Å². The molecule has 3 nitrogen and oxygen atoms in total. The Kier molecular flexibility index (Phi) is 4.97. The van der Waals surface area contributed by atoms with E-state index in [1.165, 1.54) is 0 Å². The van der Waals surface area contributed by atoms with E-state index in [0.717, 1.165) is 43.5 Å². The van der Waals surface area contributed by atoms with Crippen LogP contribution in [0.5, 0.6) is 5.75 Å². The van der Waals surface area contributed by atoms with Crippen molar-refractivity contribution in [3.63, 3.8) is 0 Å². The maximum Gasteiger partial charge on any atom is 0.165 e. The van der Waals surface area contributed by atoms with Crippen molar-refractivity contribution in [1.29, 1.82) is 0 Å². The summed E-state index contributed by atoms with van der Waals surface area (Å²) in [5.74, 6) is 1.90. The monoisotopic (exact) mass is 261 g/mol. The number of nitrogens with two attached hydrogens (primary N) is 1. The third kappa shape index (κ3) is 3.57. The molecule has 0 radical (unpaired) electrons. The molecular weight excluding hydrogens is 238 g/mol. The highest BCUT2D eigenvalue weighted by atomic mass is 16.5. The molecule has 0 atom stereocenters. The van der Waals surface area contributed by atoms with Gasteiger partial charge in [-0.25, -0.2) is 0 Å². The van der Waals surface area contributed by atoms with Crippen LogP contribution in [0, 0.1) is 11.8 Å². The van der Waals surface area contributed by atoms with Gasteiger partial charge in [-0.2, -0.15) is 0 Å². The number of hydrogen-bond acceptors (Lipinski definition) is 3. The van der Waals surface area contributed by atoms with E-state index in [4.69, 9.17) is 10.5 Å². The van der Waals surface area contributed by atoms with E-state index in [-0.39, 0.29) is 11.7 Å². The van der Waals surface area contributed by atoms with Gasteiger partial charge >= 0.3 is 0 Å². The predicted octanol–water partition coefficient (Wildman–Crippen LogP) is 3.03. The number of benzene rings is 1. The summed E-state index contributed by atoms with van der Waals surface area (Å²) < 4.78 is 5.39. The molecule has 1 aliphatic rings. The van der Waals surface area contributed by atoms with E-state index < -0.39 is 0 Å². The first-order chi connectivity index (χ1) is 9.24. The average molecular weight is 261 g/mol. The van der Waals surface area contributed by atoms with E-state index in [9.17, 15) is 4.79 Å². The molecule has 19 heavy (non-hydrogen) atoms. The van der Waals surface area contributed by atoms with Crippen molar-refractivity contribution in [2.45, 2.75) is 32.6 Å². The molecule has 2 N–H and O–H groups in total. The number of Topliss-reactive ketones (excluding diaryl/α,β-unsaturated/α-hetero) is 1. The van der Waals surface area contributed by atoms with Gasteiger partial charge in [0.15, 0.2) is 5.78 Å². The molecule has 1 saturated carbocycles. The van der Waals surface area contributed by atoms with Crippen molar-refractivity contribution >= 4 is 5.78 Å². The highest BCUT2D eigenvalue weighted by molar-refractivity contribution is 5.98. The molecule has 0 heterocycles. The molecule has 2 rings (SSSR count). The summed E-state index contributed by atoms with van der Waals surface area (Å²) >= 11 is 0. The van der Waals surface area contributed by atoms with Gasteiger partial charge in [0.25, 0.3) is 0 Å². The SMILES string of the molecule is CCOc1ccc(C(=O)C2CCC(CN)CC2)cc1. The Hall–Kier alpha value is -1.35. The van der Waals surface area contributed by atoms with Crippen LogP contribution in [0.15, 0.2) is 24.3 Å². The molecule has 0 aliphatic heterocycles. The van der Waals surface area contributed by atoms with Gasteiger partial charge < -0.3 is 10.5 Å². The Balaban J connectivity index is 1.96. The first kappa shape index (κ1) is 14.1. The lowest BCUT2D eigenvalue weighted by Gasteiger charge is -2.26. The van der Waals surface area contributed by atoms with Crippen LogP contribution < -0.4 is 10.5 Å². The predicted molar refractivity (Wildman–Crippen MR) is 76.4 cm³/mol. The maximum atomic E-state index is 12.4. The summed E-state index contributed by atoms with van der Waals surface area (Å²) in [6.45, 7) is 3.36. The van der Waals surface area contributed by atoms with Crippen LogP contribution in [0.3, 0.4) is 0 Å². The van der Waals surface area contributed by atoms with Gasteiger partial charge in [-0.05, 0) is 69.3 Å². The molecule has 1 aromatic carbocycles. The van der Waals surface area contributed by atoms with Crippen molar-refractivity contribution in [3.05, 3.63) is 29.8 Å². The van der Waals surface area contributed by atoms with E-state index in [2.05, 4.69) is 0 Å². The summed E-state index contributed by atoms with van der Waals surface area (Å²) in [5.41, 5.74) is 6.49. The van der Waals surface area contributed by atoms with Gasteiger partial charge in [0.05, 0.1) is 6.61 Å². The van der Waals surface area contributed by atoms with Crippen LogP contribution >= 0.6 is 0 Å². The summed E-state index contributed by atoms with van der Waals surface area (Å²) in [6.07, 6.45) is 4.13. The number of ether oxygens (including phenoxy) is 1. The lowest BCUT2D eigenvalue weighted by atomic mass is 9.78. The lowest BCUT2D eigenvalue weighted by molar-refractivity contribution is 0.0873. The van der Waals surface area contributed by atoms with Crippen molar-refractivity contribution in [2.75, 3.05) is 13.2 Å². The van der Waals surface area contributed by atoms with Gasteiger partial charge in [0.1, 0.15) is 5.75 Å². The Labute approximate surface area is 115 Å². The molecule has 1 aliphatic carbocycles. The molecular formula is C16H23NO2. The third-order valence-electron chi connectivity index (χ3n) is 4.00. The molecule has 0 spiro atoms. The molecule has 3 heteroatoms. The van der Waals surface area contributed by atoms with E-state index >= 15 is 0 Å². The van der Waals surface area contributed by atoms with Crippen molar-refractivity contribution in [1.82, 2.24) is 0 Å². The number of hydrogen-bond donors (Lipinski definition) is 1. The zero-order valence-corrected chi connectivity index (χ0v) is 11.6. The van der Waals surface area contributed by atoms with Gasteiger partial charge in [-0.15, -0.1) is 0 Å². The molecule has 1 fully saturated rings. The normalized spacial score (nSPS) is 23.1. The molecule has 0 unspecified atom stereocenters. The van der Waals surface area contributed by atoms with Gasteiger partial charge in [0, 0.05) is 11.5 Å². The fourth-order valence-electron chi connectivity index (χ4n) is 2.78. The minimum atomic E-state index is 0.181. The van der Waals surface area contributed by atoms with Gasteiger partial charge in [0.2, 0.25) is 0 Å². The largest absolute Gasteiger partial charge is 0.494 e. The second kappa shape index (κ2) is 6.71. The van der Waals surface area contributed by atoms with Crippen molar-refractivity contribution < 1.29 is 9.53 Å². The Morgan fingerprint density at radius 3 is 2.37 bits per heavy atom. The zero-order chi connectivity index (χ0) is 13.7. The standard InChI is InChI=1S/C16H23NO2/c1-2-19-15-9-7-14(8-10-15)16(18)13-5-3-12(11-17)4-6-13/h7-10,12-13H,2-6,11,17H2,1H3. The van der Waals surface area contributed by atoms with E-state index in [1.807, 2.05) is 31.2 Å². The number of ketones is 1. The second-order valence-corrected chi connectivity index (χ2v) is 5.27. The minimum absolute atomic E-state index is 0.181. The molecule has 0 saturated heterocycles. The second-order valence-electron chi connectivity index (χ2n) is 5.27. The highest BCUT2D eigenvalue weighted by Crippen LogP contribution is 2.30. The zero-order valence-electron chi connectivity index (χ0n) is 11.6. The smallest absolute Gasteiger partial charge is 0.165 e. The summed E-state index contributed by atoms with van der Waals surface area (Å²) in [7, 11) is 0. The van der Waals surface area contributed by atoms with Gasteiger partial charge in [-0.3, -0.25) is 4.79 Å².